The second-order valence-corrected chi connectivity index (χ2v) is 6.86. The minimum atomic E-state index is -0.223. The number of nitrogens with one attached hydrogen (secondary N) is 1. The lowest BCUT2D eigenvalue weighted by atomic mass is 10.1. The van der Waals surface area contributed by atoms with Crippen molar-refractivity contribution in [3.8, 4) is 22.8 Å². The number of hydrogen-bond acceptors (Lipinski definition) is 6. The monoisotopic (exact) mass is 390 g/mol. The van der Waals surface area contributed by atoms with Gasteiger partial charge in [-0.15, -0.1) is 0 Å². The van der Waals surface area contributed by atoms with Crippen LogP contribution in [0.2, 0.25) is 0 Å². The first-order valence-electron chi connectivity index (χ1n) is 9.52. The molecule has 1 saturated heterocycles. The molecule has 0 aliphatic carbocycles. The summed E-state index contributed by atoms with van der Waals surface area (Å²) in [4.78, 5) is 23.3. The molecule has 0 bridgehead atoms. The maximum atomic E-state index is 12.2. The van der Waals surface area contributed by atoms with Gasteiger partial charge in [-0.3, -0.25) is 4.79 Å². The third-order valence-electron chi connectivity index (χ3n) is 4.77. The molecule has 1 aliphatic rings. The highest BCUT2D eigenvalue weighted by Crippen LogP contribution is 2.24. The molecule has 1 aliphatic heterocycles. The van der Waals surface area contributed by atoms with Crippen LogP contribution in [0.25, 0.3) is 11.3 Å². The zero-order valence-corrected chi connectivity index (χ0v) is 15.9. The van der Waals surface area contributed by atoms with Crippen LogP contribution in [0, 0.1) is 0 Å². The molecule has 2 aromatic carbocycles. The topological polar surface area (TPSA) is 87.6 Å². The molecule has 1 aromatic heterocycles. The van der Waals surface area contributed by atoms with Crippen molar-refractivity contribution >= 4 is 11.9 Å². The van der Waals surface area contributed by atoms with Gasteiger partial charge in [-0.1, -0.05) is 42.5 Å². The van der Waals surface area contributed by atoms with Gasteiger partial charge in [0.1, 0.15) is 0 Å². The number of phenolic OH excluding ortho intramolecular Hbond substituents is 1. The Morgan fingerprint density at radius 1 is 1.14 bits per heavy atom. The van der Waals surface area contributed by atoms with E-state index >= 15 is 0 Å². The summed E-state index contributed by atoms with van der Waals surface area (Å²) in [6, 6.07) is 18.4. The standard InChI is InChI=1S/C22H22N4O3/c27-19-8-4-5-9-20(19)29-15-21(28)24-17-11-13-26(14-17)22-23-12-10-18(25-22)16-6-2-1-3-7-16/h1-10,12,17,27H,11,13-15H2,(H,24,28). The molecule has 148 valence electrons. The molecule has 1 unspecified atom stereocenters. The summed E-state index contributed by atoms with van der Waals surface area (Å²) in [5.74, 6) is 0.747. The molecule has 7 heteroatoms. The number of aromatic hydroxyl groups is 1. The summed E-state index contributed by atoms with van der Waals surface area (Å²) in [5.41, 5.74) is 1.92. The van der Waals surface area contributed by atoms with E-state index < -0.39 is 0 Å². The van der Waals surface area contributed by atoms with E-state index in [4.69, 9.17) is 4.74 Å². The van der Waals surface area contributed by atoms with E-state index in [2.05, 4.69) is 20.2 Å². The van der Waals surface area contributed by atoms with E-state index in [0.29, 0.717) is 18.2 Å². The molecule has 7 nitrogen and oxygen atoms in total. The van der Waals surface area contributed by atoms with Crippen LogP contribution in [0.1, 0.15) is 6.42 Å². The largest absolute Gasteiger partial charge is 0.504 e. The van der Waals surface area contributed by atoms with Crippen LogP contribution in [0.3, 0.4) is 0 Å². The normalized spacial score (nSPS) is 15.9. The van der Waals surface area contributed by atoms with Gasteiger partial charge in [0.15, 0.2) is 18.1 Å². The number of para-hydroxylation sites is 2. The summed E-state index contributed by atoms with van der Waals surface area (Å²) >= 11 is 0. The molecular formula is C22H22N4O3. The van der Waals surface area contributed by atoms with Crippen LogP contribution in [-0.2, 0) is 4.79 Å². The van der Waals surface area contributed by atoms with Crippen LogP contribution in [0.15, 0.2) is 66.9 Å². The van der Waals surface area contributed by atoms with Crippen molar-refractivity contribution in [1.82, 2.24) is 15.3 Å². The number of ether oxygens (including phenoxy) is 1. The van der Waals surface area contributed by atoms with Crippen LogP contribution >= 0.6 is 0 Å². The van der Waals surface area contributed by atoms with Crippen molar-refractivity contribution < 1.29 is 14.6 Å². The third-order valence-corrected chi connectivity index (χ3v) is 4.77. The number of carbonyl (C=O) groups is 1. The number of phenols is 1. The van der Waals surface area contributed by atoms with Gasteiger partial charge in [-0.2, -0.15) is 0 Å². The quantitative estimate of drug-likeness (QED) is 0.673. The Labute approximate surface area is 169 Å². The SMILES string of the molecule is O=C(COc1ccccc1O)NC1CCN(c2nccc(-c3ccccc3)n2)C1. The molecule has 1 fully saturated rings. The van der Waals surface area contributed by atoms with Gasteiger partial charge in [0.2, 0.25) is 5.95 Å². The summed E-state index contributed by atoms with van der Waals surface area (Å²) in [5, 5.41) is 12.7. The number of carbonyl (C=O) groups excluding carboxylic acids is 1. The van der Waals surface area contributed by atoms with Gasteiger partial charge >= 0.3 is 0 Å². The van der Waals surface area contributed by atoms with E-state index in [9.17, 15) is 9.90 Å². The van der Waals surface area contributed by atoms with E-state index in [1.807, 2.05) is 36.4 Å². The van der Waals surface area contributed by atoms with Crippen molar-refractivity contribution in [2.24, 2.45) is 0 Å². The Bertz CT molecular complexity index is 981. The number of benzene rings is 2. The van der Waals surface area contributed by atoms with E-state index in [0.717, 1.165) is 24.2 Å². The zero-order valence-electron chi connectivity index (χ0n) is 15.9. The van der Waals surface area contributed by atoms with Gasteiger partial charge in [0.05, 0.1) is 5.69 Å². The Kier molecular flexibility index (Phi) is 5.56. The van der Waals surface area contributed by atoms with Gasteiger partial charge < -0.3 is 20.1 Å². The minimum absolute atomic E-state index is 0.000508. The number of rotatable bonds is 6. The Morgan fingerprint density at radius 2 is 1.93 bits per heavy atom. The Balaban J connectivity index is 1.32. The maximum absolute atomic E-state index is 12.2. The fraction of sp³-hybridized carbons (Fsp3) is 0.227. The first-order chi connectivity index (χ1) is 14.2. The second-order valence-electron chi connectivity index (χ2n) is 6.86. The fourth-order valence-corrected chi connectivity index (χ4v) is 3.32. The smallest absolute Gasteiger partial charge is 0.258 e. The molecule has 3 aromatic rings. The molecule has 2 heterocycles. The van der Waals surface area contributed by atoms with Gasteiger partial charge in [0, 0.05) is 30.9 Å². The molecule has 1 atom stereocenters. The molecule has 2 N–H and O–H groups in total. The van der Waals surface area contributed by atoms with E-state index in [1.165, 1.54) is 6.07 Å². The average Bonchev–Trinajstić information content (AvgIpc) is 3.22. The van der Waals surface area contributed by atoms with Crippen molar-refractivity contribution in [3.05, 3.63) is 66.9 Å². The predicted octanol–water partition coefficient (Wildman–Crippen LogP) is 2.62. The predicted molar refractivity (Wildman–Crippen MR) is 110 cm³/mol. The molecule has 29 heavy (non-hydrogen) atoms. The van der Waals surface area contributed by atoms with Gasteiger partial charge in [-0.05, 0) is 24.6 Å². The van der Waals surface area contributed by atoms with Crippen LogP contribution in [0.4, 0.5) is 5.95 Å². The highest BCUT2D eigenvalue weighted by Gasteiger charge is 2.26. The molecule has 1 amide bonds. The van der Waals surface area contributed by atoms with E-state index in [1.54, 1.807) is 24.4 Å². The molecule has 0 spiro atoms. The zero-order chi connectivity index (χ0) is 20.1. The number of anilines is 1. The summed E-state index contributed by atoms with van der Waals surface area (Å²) < 4.78 is 5.38. The van der Waals surface area contributed by atoms with Crippen molar-refractivity contribution in [1.29, 1.82) is 0 Å². The summed E-state index contributed by atoms with van der Waals surface area (Å²) in [6.07, 6.45) is 2.57. The van der Waals surface area contributed by atoms with Crippen molar-refractivity contribution in [3.63, 3.8) is 0 Å². The minimum Gasteiger partial charge on any atom is -0.504 e. The fourth-order valence-electron chi connectivity index (χ4n) is 3.32. The molecule has 0 radical (unpaired) electrons. The molecule has 0 saturated carbocycles. The lowest BCUT2D eigenvalue weighted by molar-refractivity contribution is -0.123. The van der Waals surface area contributed by atoms with Crippen LogP contribution in [-0.4, -0.2) is 46.7 Å². The highest BCUT2D eigenvalue weighted by molar-refractivity contribution is 5.78. The number of amides is 1. The number of hydrogen-bond donors (Lipinski definition) is 2. The first-order valence-corrected chi connectivity index (χ1v) is 9.52. The molecular weight excluding hydrogens is 368 g/mol. The first kappa shape index (κ1) is 18.7. The van der Waals surface area contributed by atoms with E-state index in [-0.39, 0.29) is 24.3 Å². The van der Waals surface area contributed by atoms with Crippen LogP contribution in [0.5, 0.6) is 11.5 Å². The average molecular weight is 390 g/mol. The summed E-state index contributed by atoms with van der Waals surface area (Å²) in [7, 11) is 0. The summed E-state index contributed by atoms with van der Waals surface area (Å²) in [6.45, 7) is 1.26. The second kappa shape index (κ2) is 8.60. The maximum Gasteiger partial charge on any atom is 0.258 e. The Morgan fingerprint density at radius 3 is 2.76 bits per heavy atom. The Hall–Kier alpha value is -3.61. The van der Waals surface area contributed by atoms with Crippen molar-refractivity contribution in [2.75, 3.05) is 24.6 Å². The highest BCUT2D eigenvalue weighted by atomic mass is 16.5. The lowest BCUT2D eigenvalue weighted by Crippen LogP contribution is -2.39. The van der Waals surface area contributed by atoms with Crippen LogP contribution < -0.4 is 15.0 Å². The number of nitrogens with zero attached hydrogens (tertiary/aromatic N) is 3. The lowest BCUT2D eigenvalue weighted by Gasteiger charge is -2.17. The number of aromatic nitrogens is 2. The molecule has 4 rings (SSSR count). The third kappa shape index (κ3) is 4.63. The van der Waals surface area contributed by atoms with Crippen molar-refractivity contribution in [2.45, 2.75) is 12.5 Å². The van der Waals surface area contributed by atoms with Gasteiger partial charge in [0.25, 0.3) is 5.91 Å². The van der Waals surface area contributed by atoms with Gasteiger partial charge in [-0.25, -0.2) is 9.97 Å².